The average Bonchev–Trinajstić information content (AvgIpc) is 2.88. The lowest BCUT2D eigenvalue weighted by molar-refractivity contribution is -0.133. The number of hydrogen-bond acceptors (Lipinski definition) is 4. The summed E-state index contributed by atoms with van der Waals surface area (Å²) in [5, 5.41) is 2.83. The first-order valence-electron chi connectivity index (χ1n) is 10.1. The molecule has 31 heavy (non-hydrogen) atoms. The number of ether oxygens (including phenoxy) is 1. The Morgan fingerprint density at radius 2 is 1.90 bits per heavy atom. The SMILES string of the molecule is CN(C)C(=O)[C@@H](NC(=O)c1nc(-c2ccc(F)c(F)c2)n2c1CCOCC2)C(C)(C)C. The molecule has 0 saturated heterocycles. The van der Waals surface area contributed by atoms with E-state index in [4.69, 9.17) is 4.74 Å². The summed E-state index contributed by atoms with van der Waals surface area (Å²) in [4.78, 5) is 31.9. The van der Waals surface area contributed by atoms with Crippen LogP contribution in [0.15, 0.2) is 18.2 Å². The van der Waals surface area contributed by atoms with Crippen molar-refractivity contribution in [1.82, 2.24) is 19.8 Å². The maximum Gasteiger partial charge on any atom is 0.272 e. The molecular formula is C22H28F2N4O3. The van der Waals surface area contributed by atoms with Crippen molar-refractivity contribution >= 4 is 11.8 Å². The highest BCUT2D eigenvalue weighted by molar-refractivity contribution is 5.97. The fraction of sp³-hybridized carbons (Fsp3) is 0.500. The van der Waals surface area contributed by atoms with E-state index in [1.807, 2.05) is 20.8 Å². The van der Waals surface area contributed by atoms with Gasteiger partial charge < -0.3 is 19.5 Å². The number of aromatic nitrogens is 2. The van der Waals surface area contributed by atoms with E-state index < -0.39 is 29.0 Å². The van der Waals surface area contributed by atoms with Crippen LogP contribution in [0.2, 0.25) is 0 Å². The molecule has 0 fully saturated rings. The Hall–Kier alpha value is -2.81. The van der Waals surface area contributed by atoms with Gasteiger partial charge in [0, 0.05) is 32.6 Å². The van der Waals surface area contributed by atoms with Gasteiger partial charge in [-0.05, 0) is 23.6 Å². The Labute approximate surface area is 180 Å². The number of likely N-dealkylation sites (N-methyl/N-ethyl adjacent to an activating group) is 1. The monoisotopic (exact) mass is 434 g/mol. The van der Waals surface area contributed by atoms with Crippen molar-refractivity contribution in [1.29, 1.82) is 0 Å². The predicted octanol–water partition coefficient (Wildman–Crippen LogP) is 2.63. The Morgan fingerprint density at radius 3 is 2.52 bits per heavy atom. The van der Waals surface area contributed by atoms with E-state index in [2.05, 4.69) is 10.3 Å². The molecule has 1 aromatic heterocycles. The fourth-order valence-corrected chi connectivity index (χ4v) is 3.55. The number of amides is 2. The van der Waals surface area contributed by atoms with E-state index in [0.717, 1.165) is 12.1 Å². The number of rotatable bonds is 4. The molecule has 0 spiro atoms. The topological polar surface area (TPSA) is 76.5 Å². The number of nitrogens with zero attached hydrogens (tertiary/aromatic N) is 3. The lowest BCUT2D eigenvalue weighted by atomic mass is 9.85. The molecule has 2 aromatic rings. The maximum atomic E-state index is 13.9. The minimum absolute atomic E-state index is 0.158. The number of benzene rings is 1. The molecule has 1 aliphatic heterocycles. The number of carbonyl (C=O) groups is 2. The van der Waals surface area contributed by atoms with Gasteiger partial charge in [-0.15, -0.1) is 0 Å². The minimum atomic E-state index is -0.991. The van der Waals surface area contributed by atoms with Gasteiger partial charge in [0.05, 0.1) is 18.9 Å². The number of halogens is 2. The van der Waals surface area contributed by atoms with E-state index in [-0.39, 0.29) is 11.6 Å². The highest BCUT2D eigenvalue weighted by Crippen LogP contribution is 2.27. The average molecular weight is 434 g/mol. The normalized spacial score (nSPS) is 15.1. The summed E-state index contributed by atoms with van der Waals surface area (Å²) in [5.41, 5.74) is 0.628. The second-order valence-electron chi connectivity index (χ2n) is 8.88. The third-order valence-corrected chi connectivity index (χ3v) is 5.24. The largest absolute Gasteiger partial charge is 0.379 e. The van der Waals surface area contributed by atoms with E-state index in [1.54, 1.807) is 18.7 Å². The van der Waals surface area contributed by atoms with Crippen molar-refractivity contribution in [2.75, 3.05) is 27.3 Å². The van der Waals surface area contributed by atoms with Gasteiger partial charge in [0.15, 0.2) is 11.6 Å². The van der Waals surface area contributed by atoms with Gasteiger partial charge in [-0.25, -0.2) is 13.8 Å². The molecule has 3 rings (SSSR count). The van der Waals surface area contributed by atoms with Crippen LogP contribution in [0.1, 0.15) is 37.0 Å². The number of carbonyl (C=O) groups excluding carboxylic acids is 2. The molecule has 2 amide bonds. The third-order valence-electron chi connectivity index (χ3n) is 5.24. The van der Waals surface area contributed by atoms with Crippen LogP contribution in [0.25, 0.3) is 11.4 Å². The first-order chi connectivity index (χ1) is 14.5. The van der Waals surface area contributed by atoms with Gasteiger partial charge in [0.1, 0.15) is 17.6 Å². The summed E-state index contributed by atoms with van der Waals surface area (Å²) < 4.78 is 34.6. The molecule has 0 radical (unpaired) electrons. The molecule has 7 nitrogen and oxygen atoms in total. The first kappa shape index (κ1) is 22.9. The Morgan fingerprint density at radius 1 is 1.19 bits per heavy atom. The van der Waals surface area contributed by atoms with Crippen molar-refractivity contribution in [3.8, 4) is 11.4 Å². The molecular weight excluding hydrogens is 406 g/mol. The van der Waals surface area contributed by atoms with Crippen LogP contribution < -0.4 is 5.32 Å². The predicted molar refractivity (Wildman–Crippen MR) is 112 cm³/mol. The first-order valence-corrected chi connectivity index (χ1v) is 10.1. The molecule has 1 aromatic carbocycles. The van der Waals surface area contributed by atoms with E-state index in [1.165, 1.54) is 11.0 Å². The fourth-order valence-electron chi connectivity index (χ4n) is 3.55. The molecule has 9 heteroatoms. The van der Waals surface area contributed by atoms with Crippen molar-refractivity contribution in [3.05, 3.63) is 41.2 Å². The number of imidazole rings is 1. The summed E-state index contributed by atoms with van der Waals surface area (Å²) in [7, 11) is 3.27. The number of hydrogen-bond donors (Lipinski definition) is 1. The minimum Gasteiger partial charge on any atom is -0.379 e. The van der Waals surface area contributed by atoms with E-state index in [9.17, 15) is 18.4 Å². The van der Waals surface area contributed by atoms with Gasteiger partial charge in [-0.2, -0.15) is 0 Å². The quantitative estimate of drug-likeness (QED) is 0.803. The van der Waals surface area contributed by atoms with Crippen molar-refractivity contribution in [2.45, 2.75) is 39.8 Å². The standard InChI is InChI=1S/C22H28F2N4O3/c1-22(2,3)18(21(30)27(4)5)26-20(29)17-16-8-10-31-11-9-28(16)19(25-17)13-6-7-14(23)15(24)12-13/h6-7,12,18H,8-11H2,1-5H3,(H,26,29)/t18-/m1/s1. The highest BCUT2D eigenvalue weighted by Gasteiger charge is 2.35. The van der Waals surface area contributed by atoms with Crippen LogP contribution in [0.3, 0.4) is 0 Å². The lowest BCUT2D eigenvalue weighted by Crippen LogP contribution is -2.53. The smallest absolute Gasteiger partial charge is 0.272 e. The van der Waals surface area contributed by atoms with E-state index >= 15 is 0 Å². The third kappa shape index (κ3) is 4.76. The maximum absolute atomic E-state index is 13.9. The molecule has 1 aliphatic rings. The van der Waals surface area contributed by atoms with Crippen molar-refractivity contribution < 1.29 is 23.1 Å². The molecule has 168 valence electrons. The molecule has 1 N–H and O–H groups in total. The molecule has 0 unspecified atom stereocenters. The second kappa shape index (κ2) is 8.74. The summed E-state index contributed by atoms with van der Waals surface area (Å²) in [6.07, 6.45) is 0.432. The van der Waals surface area contributed by atoms with Crippen LogP contribution in [-0.2, 0) is 22.5 Å². The van der Waals surface area contributed by atoms with Gasteiger partial charge in [0.25, 0.3) is 5.91 Å². The van der Waals surface area contributed by atoms with E-state index in [0.29, 0.717) is 43.3 Å². The summed E-state index contributed by atoms with van der Waals surface area (Å²) in [5.74, 6) is -2.31. The van der Waals surface area contributed by atoms with Crippen LogP contribution in [0.4, 0.5) is 8.78 Å². The molecule has 2 heterocycles. The Bertz CT molecular complexity index is 995. The second-order valence-corrected chi connectivity index (χ2v) is 8.88. The summed E-state index contributed by atoms with van der Waals surface area (Å²) in [6.45, 7) is 6.84. The zero-order valence-electron chi connectivity index (χ0n) is 18.5. The molecule has 1 atom stereocenters. The lowest BCUT2D eigenvalue weighted by Gasteiger charge is -2.32. The van der Waals surface area contributed by atoms with Crippen molar-refractivity contribution in [2.24, 2.45) is 5.41 Å². The molecule has 0 saturated carbocycles. The van der Waals surface area contributed by atoms with Gasteiger partial charge in [-0.3, -0.25) is 9.59 Å². The zero-order valence-corrected chi connectivity index (χ0v) is 18.5. The number of fused-ring (bicyclic) bond motifs is 1. The van der Waals surface area contributed by atoms with Crippen molar-refractivity contribution in [3.63, 3.8) is 0 Å². The van der Waals surface area contributed by atoms with Crippen LogP contribution >= 0.6 is 0 Å². The summed E-state index contributed by atoms with van der Waals surface area (Å²) in [6, 6.07) is 2.76. The van der Waals surface area contributed by atoms with Crippen LogP contribution in [0.5, 0.6) is 0 Å². The Balaban J connectivity index is 2.04. The highest BCUT2D eigenvalue weighted by atomic mass is 19.2. The Kier molecular flexibility index (Phi) is 6.45. The molecule has 0 aliphatic carbocycles. The van der Waals surface area contributed by atoms with Crippen LogP contribution in [-0.4, -0.2) is 59.6 Å². The summed E-state index contributed by atoms with van der Waals surface area (Å²) >= 11 is 0. The van der Waals surface area contributed by atoms with Gasteiger partial charge in [-0.1, -0.05) is 20.8 Å². The number of nitrogens with one attached hydrogen (secondary N) is 1. The van der Waals surface area contributed by atoms with Gasteiger partial charge in [0.2, 0.25) is 5.91 Å². The molecule has 0 bridgehead atoms. The van der Waals surface area contributed by atoms with Gasteiger partial charge >= 0.3 is 0 Å². The zero-order chi connectivity index (χ0) is 22.9. The van der Waals surface area contributed by atoms with Crippen LogP contribution in [0, 0.1) is 17.0 Å².